The Labute approximate surface area is 180 Å². The van der Waals surface area contributed by atoms with E-state index in [1.165, 1.54) is 6.92 Å². The number of hydrogen-bond acceptors (Lipinski definition) is 4. The minimum absolute atomic E-state index is 0.0196. The van der Waals surface area contributed by atoms with Gasteiger partial charge >= 0.3 is 5.97 Å². The van der Waals surface area contributed by atoms with Crippen molar-refractivity contribution in [2.45, 2.75) is 38.3 Å². The number of carbonyl (C=O) groups excluding carboxylic acids is 1. The Bertz CT molecular complexity index is 1040. The topological polar surface area (TPSA) is 68.5 Å². The van der Waals surface area contributed by atoms with Gasteiger partial charge in [0.1, 0.15) is 5.75 Å². The quantitative estimate of drug-likeness (QED) is 0.388. The molecular formula is C24H25NO4S. The van der Waals surface area contributed by atoms with Crippen LogP contribution in [0.25, 0.3) is 0 Å². The molecule has 3 rings (SSSR count). The molecule has 0 spiro atoms. The molecule has 3 aromatic rings. The van der Waals surface area contributed by atoms with Crippen molar-refractivity contribution in [1.29, 1.82) is 0 Å². The van der Waals surface area contributed by atoms with E-state index in [0.717, 1.165) is 21.8 Å². The lowest BCUT2D eigenvalue weighted by Gasteiger charge is -2.12. The number of thioether (sulfide) groups is 1. The fraction of sp³-hybridized carbons (Fsp3) is 0.250. The predicted octanol–water partition coefficient (Wildman–Crippen LogP) is 4.98. The van der Waals surface area contributed by atoms with E-state index in [0.29, 0.717) is 23.6 Å². The molecule has 0 saturated carbocycles. The number of ketones is 1. The lowest BCUT2D eigenvalue weighted by atomic mass is 10.1. The maximum atomic E-state index is 12.9. The van der Waals surface area contributed by atoms with Crippen molar-refractivity contribution in [3.05, 3.63) is 83.2 Å². The molecule has 2 aromatic carbocycles. The highest BCUT2D eigenvalue weighted by molar-refractivity contribution is 7.99. The third-order valence-corrected chi connectivity index (χ3v) is 5.62. The van der Waals surface area contributed by atoms with Crippen molar-refractivity contribution in [2.75, 3.05) is 5.75 Å². The zero-order chi connectivity index (χ0) is 21.7. The van der Waals surface area contributed by atoms with Crippen molar-refractivity contribution >= 4 is 23.5 Å². The van der Waals surface area contributed by atoms with Crippen LogP contribution in [0.4, 0.5) is 0 Å². The molecule has 0 saturated heterocycles. The summed E-state index contributed by atoms with van der Waals surface area (Å²) < 4.78 is 7.43. The normalized spacial score (nSPS) is 11.8. The molecule has 0 unspecified atom stereocenters. The first-order valence-electron chi connectivity index (χ1n) is 9.74. The average Bonchev–Trinajstić information content (AvgIpc) is 3.08. The standard InChI is InChI=1S/C24H25NO4S/c1-16-7-9-19(10-8-16)23(26)22-13-17(2)15-25(22)11-12-30-21-6-4-5-20(14-21)29-18(3)24(27)28/h4-10,13-15,18H,11-12H2,1-3H3,(H,27,28)/t18-/m0/s1. The van der Waals surface area contributed by atoms with E-state index in [4.69, 9.17) is 9.84 Å². The minimum atomic E-state index is -0.998. The zero-order valence-electron chi connectivity index (χ0n) is 17.3. The molecule has 1 aromatic heterocycles. The number of rotatable bonds is 9. The fourth-order valence-corrected chi connectivity index (χ4v) is 3.94. The second-order valence-corrected chi connectivity index (χ2v) is 8.38. The molecule has 156 valence electrons. The summed E-state index contributed by atoms with van der Waals surface area (Å²) in [4.78, 5) is 24.9. The second kappa shape index (κ2) is 9.67. The van der Waals surface area contributed by atoms with E-state index in [-0.39, 0.29) is 5.78 Å². The molecule has 0 radical (unpaired) electrons. The van der Waals surface area contributed by atoms with Crippen LogP contribution in [-0.2, 0) is 11.3 Å². The lowest BCUT2D eigenvalue weighted by molar-refractivity contribution is -0.144. The van der Waals surface area contributed by atoms with E-state index in [9.17, 15) is 9.59 Å². The molecule has 0 aliphatic carbocycles. The molecule has 0 amide bonds. The first kappa shape index (κ1) is 21.7. The number of nitrogens with zero attached hydrogens (tertiary/aromatic N) is 1. The molecule has 1 atom stereocenters. The van der Waals surface area contributed by atoms with Gasteiger partial charge in [0.2, 0.25) is 5.78 Å². The van der Waals surface area contributed by atoms with Gasteiger partial charge in [-0.05, 0) is 50.6 Å². The van der Waals surface area contributed by atoms with Crippen LogP contribution in [-0.4, -0.2) is 33.3 Å². The Hall–Kier alpha value is -2.99. The Kier molecular flexibility index (Phi) is 7.00. The molecule has 5 nitrogen and oxygen atoms in total. The van der Waals surface area contributed by atoms with Crippen molar-refractivity contribution < 1.29 is 19.4 Å². The summed E-state index contributed by atoms with van der Waals surface area (Å²) in [6, 6.07) is 16.9. The van der Waals surface area contributed by atoms with Crippen LogP contribution in [0.1, 0.15) is 34.1 Å². The van der Waals surface area contributed by atoms with Crippen molar-refractivity contribution in [2.24, 2.45) is 0 Å². The van der Waals surface area contributed by atoms with E-state index >= 15 is 0 Å². The summed E-state index contributed by atoms with van der Waals surface area (Å²) in [5.74, 6) is 0.315. The van der Waals surface area contributed by atoms with Gasteiger partial charge in [0.05, 0.1) is 5.69 Å². The summed E-state index contributed by atoms with van der Waals surface area (Å²) >= 11 is 1.63. The third kappa shape index (κ3) is 5.54. The van der Waals surface area contributed by atoms with Crippen LogP contribution in [0.2, 0.25) is 0 Å². The lowest BCUT2D eigenvalue weighted by Crippen LogP contribution is -2.22. The Morgan fingerprint density at radius 1 is 1.07 bits per heavy atom. The fourth-order valence-electron chi connectivity index (χ4n) is 3.04. The van der Waals surface area contributed by atoms with Crippen LogP contribution < -0.4 is 4.74 Å². The van der Waals surface area contributed by atoms with Crippen LogP contribution in [0.5, 0.6) is 5.75 Å². The number of carboxylic acid groups (broad SMARTS) is 1. The van der Waals surface area contributed by atoms with Crippen molar-refractivity contribution in [1.82, 2.24) is 4.57 Å². The molecule has 0 aliphatic rings. The first-order valence-corrected chi connectivity index (χ1v) is 10.7. The summed E-state index contributed by atoms with van der Waals surface area (Å²) in [6.07, 6.45) is 1.10. The number of carboxylic acids is 1. The molecule has 1 heterocycles. The Morgan fingerprint density at radius 2 is 1.80 bits per heavy atom. The first-order chi connectivity index (χ1) is 14.3. The monoisotopic (exact) mass is 423 g/mol. The maximum absolute atomic E-state index is 12.9. The van der Waals surface area contributed by atoms with Gasteiger partial charge in [0.15, 0.2) is 6.10 Å². The van der Waals surface area contributed by atoms with Gasteiger partial charge in [-0.15, -0.1) is 11.8 Å². The molecule has 0 aliphatic heterocycles. The van der Waals surface area contributed by atoms with Crippen LogP contribution >= 0.6 is 11.8 Å². The number of hydrogen-bond donors (Lipinski definition) is 1. The van der Waals surface area contributed by atoms with Gasteiger partial charge in [-0.1, -0.05) is 35.9 Å². The molecular weight excluding hydrogens is 398 g/mol. The van der Waals surface area contributed by atoms with Crippen LogP contribution in [0, 0.1) is 13.8 Å². The maximum Gasteiger partial charge on any atom is 0.344 e. The average molecular weight is 424 g/mol. The Morgan fingerprint density at radius 3 is 2.50 bits per heavy atom. The summed E-state index contributed by atoms with van der Waals surface area (Å²) in [5.41, 5.74) is 3.54. The molecule has 1 N–H and O–H groups in total. The predicted molar refractivity (Wildman–Crippen MR) is 119 cm³/mol. The van der Waals surface area contributed by atoms with Gasteiger partial charge in [-0.3, -0.25) is 4.79 Å². The van der Waals surface area contributed by atoms with E-state index in [1.807, 2.05) is 73.1 Å². The van der Waals surface area contributed by atoms with Crippen LogP contribution in [0.3, 0.4) is 0 Å². The van der Waals surface area contributed by atoms with Gasteiger partial charge in [0, 0.05) is 29.0 Å². The number of benzene rings is 2. The third-order valence-electron chi connectivity index (χ3n) is 4.65. The van der Waals surface area contributed by atoms with Crippen LogP contribution in [0.15, 0.2) is 65.7 Å². The van der Waals surface area contributed by atoms with Gasteiger partial charge < -0.3 is 14.4 Å². The van der Waals surface area contributed by atoms with Gasteiger partial charge in [-0.25, -0.2) is 4.79 Å². The molecule has 0 fully saturated rings. The van der Waals surface area contributed by atoms with E-state index < -0.39 is 12.1 Å². The van der Waals surface area contributed by atoms with Crippen molar-refractivity contribution in [3.8, 4) is 5.75 Å². The number of aliphatic carboxylic acids is 1. The number of aryl methyl sites for hydroxylation is 3. The highest BCUT2D eigenvalue weighted by atomic mass is 32.2. The highest BCUT2D eigenvalue weighted by Crippen LogP contribution is 2.24. The van der Waals surface area contributed by atoms with Gasteiger partial charge in [0.25, 0.3) is 0 Å². The summed E-state index contributed by atoms with van der Waals surface area (Å²) in [5, 5.41) is 8.99. The van der Waals surface area contributed by atoms with Crippen molar-refractivity contribution in [3.63, 3.8) is 0 Å². The number of aromatic nitrogens is 1. The number of ether oxygens (including phenoxy) is 1. The number of carbonyl (C=O) groups is 2. The van der Waals surface area contributed by atoms with Gasteiger partial charge in [-0.2, -0.15) is 0 Å². The minimum Gasteiger partial charge on any atom is -0.479 e. The highest BCUT2D eigenvalue weighted by Gasteiger charge is 2.15. The van der Waals surface area contributed by atoms with E-state index in [2.05, 4.69) is 0 Å². The molecule has 0 bridgehead atoms. The second-order valence-electron chi connectivity index (χ2n) is 7.21. The smallest absolute Gasteiger partial charge is 0.344 e. The Balaban J connectivity index is 1.65. The van der Waals surface area contributed by atoms with E-state index in [1.54, 1.807) is 17.8 Å². The largest absolute Gasteiger partial charge is 0.479 e. The summed E-state index contributed by atoms with van der Waals surface area (Å²) in [7, 11) is 0. The molecule has 30 heavy (non-hydrogen) atoms. The summed E-state index contributed by atoms with van der Waals surface area (Å²) in [6.45, 7) is 6.17. The SMILES string of the molecule is Cc1ccc(C(=O)c2cc(C)cn2CCSc2cccc(O[C@@H](C)C(=O)O)c2)cc1. The molecule has 6 heteroatoms. The zero-order valence-corrected chi connectivity index (χ0v) is 18.1.